The van der Waals surface area contributed by atoms with Crippen LogP contribution in [0.25, 0.3) is 11.3 Å². The summed E-state index contributed by atoms with van der Waals surface area (Å²) in [6.45, 7) is 1.74. The molecule has 0 radical (unpaired) electrons. The van der Waals surface area contributed by atoms with Crippen molar-refractivity contribution in [2.75, 3.05) is 5.73 Å². The van der Waals surface area contributed by atoms with Crippen LogP contribution in [-0.2, 0) is 7.05 Å². The summed E-state index contributed by atoms with van der Waals surface area (Å²) in [4.78, 5) is 11.3. The zero-order valence-corrected chi connectivity index (χ0v) is 8.65. The summed E-state index contributed by atoms with van der Waals surface area (Å²) < 4.78 is 6.42. The van der Waals surface area contributed by atoms with Crippen LogP contribution in [-0.4, -0.2) is 4.74 Å². The Morgan fingerprint density at radius 3 is 2.67 bits per heavy atom. The molecule has 0 spiro atoms. The topological polar surface area (TPSA) is 61.2 Å². The average Bonchev–Trinajstić information content (AvgIpc) is 2.41. The number of nitrogens with two attached hydrogens (primary N) is 1. The van der Waals surface area contributed by atoms with E-state index in [-0.39, 0.29) is 5.63 Å². The van der Waals surface area contributed by atoms with Crippen molar-refractivity contribution in [2.24, 2.45) is 7.05 Å². The van der Waals surface area contributed by atoms with Crippen molar-refractivity contribution in [1.82, 2.24) is 4.74 Å². The standard InChI is InChI=1S/C11H12N2O2/c1-7-10(13(2)15-11(7)14)8-4-3-5-9(12)6-8/h3-6H,12H2,1-2H3. The minimum absolute atomic E-state index is 0.310. The number of nitrogen functional groups attached to an aromatic ring is 1. The quantitative estimate of drug-likeness (QED) is 0.716. The number of hydrogen-bond donors (Lipinski definition) is 1. The average molecular weight is 204 g/mol. The van der Waals surface area contributed by atoms with E-state index in [4.69, 9.17) is 10.3 Å². The van der Waals surface area contributed by atoms with Crippen LogP contribution < -0.4 is 11.4 Å². The molecule has 78 valence electrons. The number of hydrogen-bond acceptors (Lipinski definition) is 3. The molecule has 4 heteroatoms. The van der Waals surface area contributed by atoms with Gasteiger partial charge >= 0.3 is 5.63 Å². The van der Waals surface area contributed by atoms with Crippen LogP contribution in [0.1, 0.15) is 5.56 Å². The van der Waals surface area contributed by atoms with Gasteiger partial charge in [0.25, 0.3) is 0 Å². The summed E-state index contributed by atoms with van der Waals surface area (Å²) in [5.74, 6) is 0. The van der Waals surface area contributed by atoms with Gasteiger partial charge in [0, 0.05) is 18.3 Å². The molecule has 0 saturated heterocycles. The number of aromatic nitrogens is 1. The Morgan fingerprint density at radius 1 is 1.40 bits per heavy atom. The molecule has 0 saturated carbocycles. The molecule has 1 aromatic carbocycles. The monoisotopic (exact) mass is 204 g/mol. The summed E-state index contributed by atoms with van der Waals surface area (Å²) in [5, 5.41) is 0. The van der Waals surface area contributed by atoms with Gasteiger partial charge in [0.05, 0.1) is 11.3 Å². The van der Waals surface area contributed by atoms with Gasteiger partial charge in [-0.05, 0) is 19.1 Å². The zero-order chi connectivity index (χ0) is 11.0. The molecule has 0 aliphatic carbocycles. The van der Waals surface area contributed by atoms with Gasteiger partial charge in [-0.3, -0.25) is 0 Å². The first-order valence-electron chi connectivity index (χ1n) is 4.62. The van der Waals surface area contributed by atoms with Gasteiger partial charge < -0.3 is 10.3 Å². The maximum absolute atomic E-state index is 11.3. The molecule has 2 N–H and O–H groups in total. The van der Waals surface area contributed by atoms with Crippen LogP contribution in [0, 0.1) is 6.92 Å². The van der Waals surface area contributed by atoms with E-state index in [1.165, 1.54) is 4.74 Å². The van der Waals surface area contributed by atoms with Gasteiger partial charge in [-0.15, -0.1) is 0 Å². The summed E-state index contributed by atoms with van der Waals surface area (Å²) >= 11 is 0. The number of nitrogens with zero attached hydrogens (tertiary/aromatic N) is 1. The summed E-state index contributed by atoms with van der Waals surface area (Å²) in [7, 11) is 1.70. The third-order valence-electron chi connectivity index (χ3n) is 2.36. The van der Waals surface area contributed by atoms with Crippen molar-refractivity contribution in [3.05, 3.63) is 40.2 Å². The molecule has 0 bridgehead atoms. The lowest BCUT2D eigenvalue weighted by molar-refractivity contribution is 0.288. The first-order chi connectivity index (χ1) is 7.09. The Bertz CT molecular complexity index is 552. The van der Waals surface area contributed by atoms with Crippen molar-refractivity contribution in [2.45, 2.75) is 6.92 Å². The molecule has 4 nitrogen and oxygen atoms in total. The fraction of sp³-hybridized carbons (Fsp3) is 0.182. The lowest BCUT2D eigenvalue weighted by Crippen LogP contribution is -1.95. The SMILES string of the molecule is Cc1c(-c2cccc(N)c2)n(C)oc1=O. The predicted molar refractivity (Wildman–Crippen MR) is 58.5 cm³/mol. The first kappa shape index (κ1) is 9.58. The summed E-state index contributed by atoms with van der Waals surface area (Å²) in [6.07, 6.45) is 0. The first-order valence-corrected chi connectivity index (χ1v) is 4.62. The Labute approximate surface area is 86.9 Å². The minimum atomic E-state index is -0.310. The number of benzene rings is 1. The van der Waals surface area contributed by atoms with E-state index < -0.39 is 0 Å². The minimum Gasteiger partial charge on any atom is -0.399 e. The van der Waals surface area contributed by atoms with Crippen LogP contribution in [0.2, 0.25) is 0 Å². The molecule has 0 aliphatic rings. The summed E-state index contributed by atoms with van der Waals surface area (Å²) in [6, 6.07) is 7.36. The Balaban J connectivity index is 2.69. The third-order valence-corrected chi connectivity index (χ3v) is 2.36. The van der Waals surface area contributed by atoms with Gasteiger partial charge in [-0.1, -0.05) is 12.1 Å². The van der Waals surface area contributed by atoms with Gasteiger partial charge in [-0.2, -0.15) is 0 Å². The van der Waals surface area contributed by atoms with Crippen molar-refractivity contribution >= 4 is 5.69 Å². The highest BCUT2D eigenvalue weighted by Crippen LogP contribution is 2.22. The largest absolute Gasteiger partial charge is 0.399 e. The molecule has 2 aromatic rings. The van der Waals surface area contributed by atoms with Crippen LogP contribution in [0.15, 0.2) is 33.6 Å². The second-order valence-corrected chi connectivity index (χ2v) is 3.48. The Morgan fingerprint density at radius 2 is 2.13 bits per heavy atom. The molecular formula is C11H12N2O2. The fourth-order valence-corrected chi connectivity index (χ4v) is 1.66. The Kier molecular flexibility index (Phi) is 2.11. The van der Waals surface area contributed by atoms with Crippen molar-refractivity contribution in [3.63, 3.8) is 0 Å². The number of aryl methyl sites for hydroxylation is 1. The van der Waals surface area contributed by atoms with Crippen molar-refractivity contribution in [1.29, 1.82) is 0 Å². The van der Waals surface area contributed by atoms with Gasteiger partial charge in [0.1, 0.15) is 0 Å². The highest BCUT2D eigenvalue weighted by Gasteiger charge is 2.12. The van der Waals surface area contributed by atoms with Gasteiger partial charge in [-0.25, -0.2) is 9.53 Å². The second-order valence-electron chi connectivity index (χ2n) is 3.48. The number of anilines is 1. The molecule has 0 fully saturated rings. The van der Waals surface area contributed by atoms with Crippen molar-refractivity contribution in [3.8, 4) is 11.3 Å². The molecule has 2 rings (SSSR count). The lowest BCUT2D eigenvalue weighted by atomic mass is 10.1. The fourth-order valence-electron chi connectivity index (χ4n) is 1.66. The van der Waals surface area contributed by atoms with E-state index in [1.807, 2.05) is 18.2 Å². The molecule has 0 atom stereocenters. The van der Waals surface area contributed by atoms with E-state index in [9.17, 15) is 4.79 Å². The van der Waals surface area contributed by atoms with E-state index >= 15 is 0 Å². The third kappa shape index (κ3) is 1.54. The van der Waals surface area contributed by atoms with E-state index in [2.05, 4.69) is 0 Å². The van der Waals surface area contributed by atoms with E-state index in [0.717, 1.165) is 11.3 Å². The molecule has 15 heavy (non-hydrogen) atoms. The lowest BCUT2D eigenvalue weighted by Gasteiger charge is -2.03. The van der Waals surface area contributed by atoms with Crippen LogP contribution in [0.4, 0.5) is 5.69 Å². The zero-order valence-electron chi connectivity index (χ0n) is 8.65. The van der Waals surface area contributed by atoms with E-state index in [1.54, 1.807) is 20.0 Å². The molecular weight excluding hydrogens is 192 g/mol. The highest BCUT2D eigenvalue weighted by molar-refractivity contribution is 5.66. The summed E-state index contributed by atoms with van der Waals surface area (Å²) in [5.41, 5.74) is 8.30. The van der Waals surface area contributed by atoms with Gasteiger partial charge in [0.15, 0.2) is 0 Å². The second kappa shape index (κ2) is 3.31. The van der Waals surface area contributed by atoms with Crippen molar-refractivity contribution < 1.29 is 4.52 Å². The molecule has 0 amide bonds. The smallest absolute Gasteiger partial charge is 0.361 e. The van der Waals surface area contributed by atoms with Gasteiger partial charge in [0.2, 0.25) is 0 Å². The molecule has 0 unspecified atom stereocenters. The predicted octanol–water partition coefficient (Wildman–Crippen LogP) is 1.54. The number of rotatable bonds is 1. The normalized spacial score (nSPS) is 10.5. The molecule has 0 aliphatic heterocycles. The maximum Gasteiger partial charge on any atom is 0.361 e. The maximum atomic E-state index is 11.3. The molecule has 1 heterocycles. The van der Waals surface area contributed by atoms with Crippen LogP contribution in [0.5, 0.6) is 0 Å². The Hall–Kier alpha value is -1.97. The van der Waals surface area contributed by atoms with E-state index in [0.29, 0.717) is 11.3 Å². The van der Waals surface area contributed by atoms with Crippen LogP contribution >= 0.6 is 0 Å². The molecule has 1 aromatic heterocycles. The van der Waals surface area contributed by atoms with Crippen LogP contribution in [0.3, 0.4) is 0 Å². The highest BCUT2D eigenvalue weighted by atomic mass is 16.5.